The fourth-order valence-electron chi connectivity index (χ4n) is 5.55. The van der Waals surface area contributed by atoms with E-state index < -0.39 is 0 Å². The lowest BCUT2D eigenvalue weighted by Crippen LogP contribution is -2.18. The topological polar surface area (TPSA) is 69.7 Å². The summed E-state index contributed by atoms with van der Waals surface area (Å²) >= 11 is 0. The predicted octanol–water partition coefficient (Wildman–Crippen LogP) is 9.92. The minimum absolute atomic E-state index is 0.143. The molecule has 0 amide bonds. The van der Waals surface area contributed by atoms with Crippen molar-refractivity contribution in [1.82, 2.24) is 4.90 Å². The van der Waals surface area contributed by atoms with Crippen LogP contribution in [0.5, 0.6) is 11.5 Å². The molecule has 0 unspecified atom stereocenters. The molecule has 0 heterocycles. The Bertz CT molecular complexity index is 1110. The van der Waals surface area contributed by atoms with Gasteiger partial charge in [0, 0.05) is 6.54 Å². The molecule has 246 valence electrons. The zero-order valence-corrected chi connectivity index (χ0v) is 30.2. The minimum atomic E-state index is -0.143. The van der Waals surface area contributed by atoms with Gasteiger partial charge in [-0.2, -0.15) is 0 Å². The highest BCUT2D eigenvalue weighted by Crippen LogP contribution is 2.41. The first kappa shape index (κ1) is 37.5. The number of aromatic hydroxyl groups is 2. The molecule has 2 rings (SSSR count). The van der Waals surface area contributed by atoms with Gasteiger partial charge in [-0.05, 0) is 99.7 Å². The van der Waals surface area contributed by atoms with Gasteiger partial charge in [-0.1, -0.05) is 132 Å². The average Bonchev–Trinajstić information content (AvgIpc) is 2.87. The van der Waals surface area contributed by atoms with Gasteiger partial charge < -0.3 is 20.8 Å². The molecule has 0 aliphatic carbocycles. The maximum absolute atomic E-state index is 11.1. The van der Waals surface area contributed by atoms with Crippen LogP contribution in [0.4, 0.5) is 0 Å². The molecule has 0 spiro atoms. The molecule has 0 saturated heterocycles. The molecule has 0 aromatic heterocycles. The lowest BCUT2D eigenvalue weighted by Gasteiger charge is -2.28. The summed E-state index contributed by atoms with van der Waals surface area (Å²) in [4.78, 5) is 2.30. The van der Waals surface area contributed by atoms with E-state index in [9.17, 15) is 10.2 Å². The Balaban J connectivity index is 2.35. The van der Waals surface area contributed by atoms with Crippen molar-refractivity contribution in [1.29, 1.82) is 0 Å². The Kier molecular flexibility index (Phi) is 12.8. The summed E-state index contributed by atoms with van der Waals surface area (Å²) in [5.41, 5.74) is 11.6. The first-order chi connectivity index (χ1) is 20.2. The minimum Gasteiger partial charge on any atom is -0.507 e. The van der Waals surface area contributed by atoms with E-state index in [4.69, 9.17) is 5.73 Å². The molecule has 44 heavy (non-hydrogen) atoms. The monoisotopic (exact) mass is 604 g/mol. The van der Waals surface area contributed by atoms with Crippen molar-refractivity contribution >= 4 is 0 Å². The van der Waals surface area contributed by atoms with Crippen LogP contribution in [0.3, 0.4) is 0 Å². The Labute approximate surface area is 270 Å². The van der Waals surface area contributed by atoms with Gasteiger partial charge in [0.05, 0.1) is 0 Å². The summed E-state index contributed by atoms with van der Waals surface area (Å²) in [6.07, 6.45) is 15.0. The molecular formula is C40H64N2O2. The van der Waals surface area contributed by atoms with Gasteiger partial charge in [-0.3, -0.25) is 0 Å². The van der Waals surface area contributed by atoms with Crippen molar-refractivity contribution in [2.75, 3.05) is 13.1 Å². The van der Waals surface area contributed by atoms with E-state index in [-0.39, 0.29) is 21.7 Å². The molecule has 0 bridgehead atoms. The third-order valence-corrected chi connectivity index (χ3v) is 8.24. The summed E-state index contributed by atoms with van der Waals surface area (Å²) in [6, 6.07) is 8.69. The predicted molar refractivity (Wildman–Crippen MR) is 191 cm³/mol. The van der Waals surface area contributed by atoms with E-state index >= 15 is 0 Å². The molecule has 0 radical (unpaired) electrons. The molecule has 0 saturated carbocycles. The van der Waals surface area contributed by atoms with E-state index in [0.717, 1.165) is 67.4 Å². The SMILES string of the molecule is CC(C)(C)c1cc(CC=CN(C=CCc2cc(C(C)(C)C)c(O)c(C(C)(C)C)c2)CCCCCCN)cc(C(C)(C)C)c1O. The number of benzene rings is 2. The number of hydrogen-bond acceptors (Lipinski definition) is 4. The fraction of sp³-hybridized carbons (Fsp3) is 0.600. The maximum atomic E-state index is 11.1. The van der Waals surface area contributed by atoms with Crippen LogP contribution in [-0.4, -0.2) is 28.2 Å². The first-order valence-electron chi connectivity index (χ1n) is 16.7. The number of nitrogens with two attached hydrogens (primary N) is 1. The average molecular weight is 605 g/mol. The van der Waals surface area contributed by atoms with Gasteiger partial charge >= 0.3 is 0 Å². The third kappa shape index (κ3) is 11.0. The summed E-state index contributed by atoms with van der Waals surface area (Å²) in [5.74, 6) is 0.858. The third-order valence-electron chi connectivity index (χ3n) is 8.24. The number of unbranched alkanes of at least 4 members (excludes halogenated alkanes) is 3. The Morgan fingerprint density at radius 3 is 1.16 bits per heavy atom. The Hall–Kier alpha value is -2.72. The molecule has 0 atom stereocenters. The van der Waals surface area contributed by atoms with Crippen molar-refractivity contribution in [3.05, 3.63) is 82.2 Å². The fourth-order valence-corrected chi connectivity index (χ4v) is 5.55. The Morgan fingerprint density at radius 1 is 0.545 bits per heavy atom. The van der Waals surface area contributed by atoms with Crippen molar-refractivity contribution in [3.63, 3.8) is 0 Å². The van der Waals surface area contributed by atoms with Crippen LogP contribution in [0.25, 0.3) is 0 Å². The lowest BCUT2D eigenvalue weighted by molar-refractivity contribution is 0.422. The number of nitrogens with zero attached hydrogens (tertiary/aromatic N) is 1. The molecule has 4 N–H and O–H groups in total. The van der Waals surface area contributed by atoms with E-state index in [1.807, 2.05) is 0 Å². The lowest BCUT2D eigenvalue weighted by atomic mass is 9.78. The van der Waals surface area contributed by atoms with Crippen LogP contribution in [0, 0.1) is 0 Å². The molecule has 0 aliphatic heterocycles. The normalized spacial score (nSPS) is 13.4. The largest absolute Gasteiger partial charge is 0.507 e. The maximum Gasteiger partial charge on any atom is 0.123 e. The van der Waals surface area contributed by atoms with Gasteiger partial charge in [0.2, 0.25) is 0 Å². The standard InChI is InChI=1S/C40H64N2O2/c1-37(2,3)31-25-29(26-32(35(31)43)38(4,5)6)19-17-23-42(22-16-14-13-15-21-41)24-18-20-30-27-33(39(7,8)9)36(44)34(28-30)40(10,11)12/h17-18,23-28,43-44H,13-16,19-22,41H2,1-12H3. The van der Waals surface area contributed by atoms with E-state index in [0.29, 0.717) is 11.5 Å². The molecule has 0 fully saturated rings. The number of phenols is 2. The zero-order chi connectivity index (χ0) is 33.5. The summed E-state index contributed by atoms with van der Waals surface area (Å²) < 4.78 is 0. The van der Waals surface area contributed by atoms with Crippen molar-refractivity contribution < 1.29 is 10.2 Å². The van der Waals surface area contributed by atoms with Crippen LogP contribution in [0.15, 0.2) is 48.8 Å². The van der Waals surface area contributed by atoms with Crippen LogP contribution in [-0.2, 0) is 34.5 Å². The quantitative estimate of drug-likeness (QED) is 0.211. The highest BCUT2D eigenvalue weighted by molar-refractivity contribution is 5.51. The molecule has 0 aliphatic rings. The van der Waals surface area contributed by atoms with Crippen LogP contribution in [0.2, 0.25) is 0 Å². The van der Waals surface area contributed by atoms with Gasteiger partial charge in [-0.25, -0.2) is 0 Å². The number of allylic oxidation sites excluding steroid dienone is 2. The van der Waals surface area contributed by atoms with Crippen molar-refractivity contribution in [2.24, 2.45) is 5.73 Å². The summed E-state index contributed by atoms with van der Waals surface area (Å²) in [7, 11) is 0. The molecular weight excluding hydrogens is 540 g/mol. The van der Waals surface area contributed by atoms with Crippen molar-refractivity contribution in [3.8, 4) is 11.5 Å². The van der Waals surface area contributed by atoms with Gasteiger partial charge in [0.15, 0.2) is 0 Å². The first-order valence-corrected chi connectivity index (χ1v) is 16.7. The molecule has 2 aromatic rings. The summed E-state index contributed by atoms with van der Waals surface area (Å²) in [5, 5.41) is 22.3. The van der Waals surface area contributed by atoms with E-state index in [1.54, 1.807) is 0 Å². The number of phenolic OH excluding ortho intramolecular Hbond substituents is 2. The second-order valence-corrected chi connectivity index (χ2v) is 16.7. The van der Waals surface area contributed by atoms with E-state index in [1.165, 1.54) is 17.5 Å². The van der Waals surface area contributed by atoms with Gasteiger partial charge in [0.1, 0.15) is 11.5 Å². The molecule has 2 aromatic carbocycles. The van der Waals surface area contributed by atoms with Crippen LogP contribution >= 0.6 is 0 Å². The van der Waals surface area contributed by atoms with Crippen LogP contribution < -0.4 is 5.73 Å². The highest BCUT2D eigenvalue weighted by Gasteiger charge is 2.27. The molecule has 4 nitrogen and oxygen atoms in total. The van der Waals surface area contributed by atoms with Gasteiger partial charge in [0.25, 0.3) is 0 Å². The zero-order valence-electron chi connectivity index (χ0n) is 30.2. The smallest absolute Gasteiger partial charge is 0.123 e. The van der Waals surface area contributed by atoms with Gasteiger partial charge in [-0.15, -0.1) is 0 Å². The van der Waals surface area contributed by atoms with Crippen molar-refractivity contribution in [2.45, 2.75) is 143 Å². The number of rotatable bonds is 12. The summed E-state index contributed by atoms with van der Waals surface area (Å²) in [6.45, 7) is 27.6. The molecule has 4 heteroatoms. The van der Waals surface area contributed by atoms with Crippen LogP contribution in [0.1, 0.15) is 142 Å². The second-order valence-electron chi connectivity index (χ2n) is 16.7. The number of hydrogen-bond donors (Lipinski definition) is 3. The van der Waals surface area contributed by atoms with E-state index in [2.05, 4.69) is 137 Å². The Morgan fingerprint density at radius 2 is 0.864 bits per heavy atom. The highest BCUT2D eigenvalue weighted by atomic mass is 16.3. The second kappa shape index (κ2) is 15.0.